The van der Waals surface area contributed by atoms with Gasteiger partial charge in [-0.2, -0.15) is 0 Å². The van der Waals surface area contributed by atoms with Crippen LogP contribution in [0.4, 0.5) is 5.69 Å². The number of benzene rings is 2. The SMILES string of the molecule is Cc1ccc(-c2nc(SC(C)C(=O)Nc3cc(Cl)ccc3C)n[nH]2)cc1. The molecule has 0 bridgehead atoms. The third kappa shape index (κ3) is 4.45. The van der Waals surface area contributed by atoms with E-state index < -0.39 is 0 Å². The van der Waals surface area contributed by atoms with Crippen molar-refractivity contribution in [3.63, 3.8) is 0 Å². The number of aromatic nitrogens is 3. The Hall–Kier alpha value is -2.31. The van der Waals surface area contributed by atoms with Crippen LogP contribution < -0.4 is 5.32 Å². The molecule has 3 aromatic rings. The molecule has 7 heteroatoms. The van der Waals surface area contributed by atoms with E-state index in [1.165, 1.54) is 17.3 Å². The highest BCUT2D eigenvalue weighted by molar-refractivity contribution is 8.00. The van der Waals surface area contributed by atoms with Gasteiger partial charge in [-0.25, -0.2) is 4.98 Å². The Morgan fingerprint density at radius 3 is 2.65 bits per heavy atom. The molecular formula is C19H19ClN4OS. The predicted octanol–water partition coefficient (Wildman–Crippen LogP) is 4.86. The molecule has 2 N–H and O–H groups in total. The zero-order valence-corrected chi connectivity index (χ0v) is 16.3. The van der Waals surface area contributed by atoms with Crippen LogP contribution in [0.3, 0.4) is 0 Å². The summed E-state index contributed by atoms with van der Waals surface area (Å²) in [7, 11) is 0. The first-order chi connectivity index (χ1) is 12.4. The summed E-state index contributed by atoms with van der Waals surface area (Å²) >= 11 is 7.30. The number of hydrogen-bond acceptors (Lipinski definition) is 4. The Morgan fingerprint density at radius 1 is 1.19 bits per heavy atom. The van der Waals surface area contributed by atoms with Crippen molar-refractivity contribution in [1.82, 2.24) is 15.2 Å². The maximum atomic E-state index is 12.5. The highest BCUT2D eigenvalue weighted by Crippen LogP contribution is 2.25. The van der Waals surface area contributed by atoms with Gasteiger partial charge in [0.05, 0.1) is 5.25 Å². The molecule has 1 heterocycles. The molecule has 0 radical (unpaired) electrons. The van der Waals surface area contributed by atoms with E-state index in [4.69, 9.17) is 11.6 Å². The lowest BCUT2D eigenvalue weighted by Crippen LogP contribution is -2.23. The zero-order valence-electron chi connectivity index (χ0n) is 14.7. The van der Waals surface area contributed by atoms with Crippen LogP contribution in [0, 0.1) is 13.8 Å². The molecule has 0 saturated carbocycles. The van der Waals surface area contributed by atoms with Crippen LogP contribution in [0.25, 0.3) is 11.4 Å². The van der Waals surface area contributed by atoms with Gasteiger partial charge < -0.3 is 5.32 Å². The van der Waals surface area contributed by atoms with Crippen molar-refractivity contribution < 1.29 is 4.79 Å². The second kappa shape index (κ2) is 7.93. The molecule has 0 spiro atoms. The number of carbonyl (C=O) groups is 1. The van der Waals surface area contributed by atoms with Crippen molar-refractivity contribution in [2.45, 2.75) is 31.2 Å². The number of H-pyrrole nitrogens is 1. The molecule has 0 aliphatic heterocycles. The smallest absolute Gasteiger partial charge is 0.237 e. The standard InChI is InChI=1S/C19H19ClN4OS/c1-11-4-7-14(8-5-11)17-22-19(24-23-17)26-13(3)18(25)21-16-10-15(20)9-6-12(16)2/h4-10,13H,1-3H3,(H,21,25)(H,22,23,24). The van der Waals surface area contributed by atoms with E-state index in [9.17, 15) is 4.79 Å². The van der Waals surface area contributed by atoms with Gasteiger partial charge in [0, 0.05) is 16.3 Å². The maximum absolute atomic E-state index is 12.5. The summed E-state index contributed by atoms with van der Waals surface area (Å²) in [6.45, 7) is 5.78. The van der Waals surface area contributed by atoms with E-state index in [2.05, 4.69) is 20.5 Å². The topological polar surface area (TPSA) is 70.7 Å². The number of halogens is 1. The van der Waals surface area contributed by atoms with Crippen LogP contribution in [0.2, 0.25) is 5.02 Å². The minimum Gasteiger partial charge on any atom is -0.325 e. The van der Waals surface area contributed by atoms with Gasteiger partial charge in [0.2, 0.25) is 11.1 Å². The molecule has 0 aliphatic rings. The predicted molar refractivity (Wildman–Crippen MR) is 107 cm³/mol. The minimum absolute atomic E-state index is 0.123. The average Bonchev–Trinajstić information content (AvgIpc) is 3.07. The summed E-state index contributed by atoms with van der Waals surface area (Å²) in [6.07, 6.45) is 0. The first kappa shape index (κ1) is 18.5. The van der Waals surface area contributed by atoms with Gasteiger partial charge in [-0.1, -0.05) is 59.3 Å². The maximum Gasteiger partial charge on any atom is 0.237 e. The van der Waals surface area contributed by atoms with Crippen LogP contribution in [-0.2, 0) is 4.79 Å². The van der Waals surface area contributed by atoms with E-state index in [1.54, 1.807) is 12.1 Å². The molecule has 3 rings (SSSR count). The number of aryl methyl sites for hydroxylation is 2. The molecule has 1 aromatic heterocycles. The van der Waals surface area contributed by atoms with E-state index in [1.807, 2.05) is 51.1 Å². The van der Waals surface area contributed by atoms with Crippen LogP contribution in [-0.4, -0.2) is 26.3 Å². The van der Waals surface area contributed by atoms with E-state index >= 15 is 0 Å². The Balaban J connectivity index is 1.66. The van der Waals surface area contributed by atoms with Crippen molar-refractivity contribution in [2.75, 3.05) is 5.32 Å². The first-order valence-corrected chi connectivity index (χ1v) is 9.41. The van der Waals surface area contributed by atoms with Crippen LogP contribution >= 0.6 is 23.4 Å². The molecule has 1 unspecified atom stereocenters. The molecule has 134 valence electrons. The van der Waals surface area contributed by atoms with Crippen molar-refractivity contribution in [3.8, 4) is 11.4 Å². The summed E-state index contributed by atoms with van der Waals surface area (Å²) in [6, 6.07) is 13.4. The monoisotopic (exact) mass is 386 g/mol. The number of carbonyl (C=O) groups excluding carboxylic acids is 1. The zero-order chi connectivity index (χ0) is 18.7. The normalized spacial score (nSPS) is 12.0. The van der Waals surface area contributed by atoms with Crippen LogP contribution in [0.1, 0.15) is 18.1 Å². The van der Waals surface area contributed by atoms with Crippen LogP contribution in [0.5, 0.6) is 0 Å². The van der Waals surface area contributed by atoms with Gasteiger partial charge in [0.1, 0.15) is 0 Å². The van der Waals surface area contributed by atoms with Gasteiger partial charge in [-0.15, -0.1) is 5.10 Å². The van der Waals surface area contributed by atoms with E-state index in [0.29, 0.717) is 21.7 Å². The lowest BCUT2D eigenvalue weighted by atomic mass is 10.1. The number of anilines is 1. The van der Waals surface area contributed by atoms with Crippen molar-refractivity contribution in [2.24, 2.45) is 0 Å². The van der Waals surface area contributed by atoms with Gasteiger partial charge >= 0.3 is 0 Å². The quantitative estimate of drug-likeness (QED) is 0.614. The fourth-order valence-electron chi connectivity index (χ4n) is 2.31. The number of hydrogen-bond donors (Lipinski definition) is 2. The summed E-state index contributed by atoms with van der Waals surface area (Å²) in [5.41, 5.74) is 3.82. The van der Waals surface area contributed by atoms with Crippen molar-refractivity contribution in [1.29, 1.82) is 0 Å². The fraction of sp³-hybridized carbons (Fsp3) is 0.211. The Morgan fingerprint density at radius 2 is 1.92 bits per heavy atom. The third-order valence-corrected chi connectivity index (χ3v) is 5.09. The number of thioether (sulfide) groups is 1. The number of nitrogens with zero attached hydrogens (tertiary/aromatic N) is 2. The second-order valence-electron chi connectivity index (χ2n) is 6.04. The average molecular weight is 387 g/mol. The lowest BCUT2D eigenvalue weighted by Gasteiger charge is -2.12. The van der Waals surface area contributed by atoms with Gasteiger partial charge in [-0.3, -0.25) is 9.89 Å². The molecule has 0 saturated heterocycles. The van der Waals surface area contributed by atoms with Gasteiger partial charge in [0.15, 0.2) is 5.82 Å². The second-order valence-corrected chi connectivity index (χ2v) is 7.79. The summed E-state index contributed by atoms with van der Waals surface area (Å²) < 4.78 is 0. The lowest BCUT2D eigenvalue weighted by molar-refractivity contribution is -0.115. The summed E-state index contributed by atoms with van der Waals surface area (Å²) in [4.78, 5) is 16.9. The molecule has 0 aliphatic carbocycles. The Kier molecular flexibility index (Phi) is 5.64. The first-order valence-electron chi connectivity index (χ1n) is 8.15. The van der Waals surface area contributed by atoms with Crippen molar-refractivity contribution in [3.05, 3.63) is 58.6 Å². The van der Waals surface area contributed by atoms with Crippen LogP contribution in [0.15, 0.2) is 47.6 Å². The van der Waals surface area contributed by atoms with E-state index in [0.717, 1.165) is 11.1 Å². The highest BCUT2D eigenvalue weighted by Gasteiger charge is 2.18. The Labute approximate surface area is 161 Å². The molecule has 5 nitrogen and oxygen atoms in total. The molecule has 1 amide bonds. The number of rotatable bonds is 5. The highest BCUT2D eigenvalue weighted by atomic mass is 35.5. The molecular weight excluding hydrogens is 368 g/mol. The molecule has 0 fully saturated rings. The van der Waals surface area contributed by atoms with Gasteiger partial charge in [0.25, 0.3) is 0 Å². The number of aromatic amines is 1. The molecule has 1 atom stereocenters. The minimum atomic E-state index is -0.352. The molecule has 2 aromatic carbocycles. The number of amides is 1. The fourth-order valence-corrected chi connectivity index (χ4v) is 3.21. The Bertz CT molecular complexity index is 924. The van der Waals surface area contributed by atoms with Gasteiger partial charge in [-0.05, 0) is 38.5 Å². The van der Waals surface area contributed by atoms with E-state index in [-0.39, 0.29) is 11.2 Å². The van der Waals surface area contributed by atoms with Crippen molar-refractivity contribution >= 4 is 35.0 Å². The largest absolute Gasteiger partial charge is 0.325 e. The summed E-state index contributed by atoms with van der Waals surface area (Å²) in [5, 5.41) is 10.8. The molecule has 26 heavy (non-hydrogen) atoms. The number of nitrogens with one attached hydrogen (secondary N) is 2. The summed E-state index contributed by atoms with van der Waals surface area (Å²) in [5.74, 6) is 0.563. The third-order valence-electron chi connectivity index (χ3n) is 3.90.